The molecule has 0 aromatic heterocycles. The molecule has 34 heavy (non-hydrogen) atoms. The monoisotopic (exact) mass is 466 g/mol. The summed E-state index contributed by atoms with van der Waals surface area (Å²) in [6, 6.07) is 12.6. The summed E-state index contributed by atoms with van der Waals surface area (Å²) in [6.45, 7) is 4.92. The van der Waals surface area contributed by atoms with Gasteiger partial charge in [-0.05, 0) is 74.6 Å². The number of hydrogen-bond donors (Lipinski definition) is 1. The molecule has 0 spiro atoms. The van der Waals surface area contributed by atoms with Crippen molar-refractivity contribution in [2.24, 2.45) is 0 Å². The van der Waals surface area contributed by atoms with Crippen molar-refractivity contribution in [2.45, 2.75) is 51.8 Å². The molecule has 1 atom stereocenters. The van der Waals surface area contributed by atoms with Gasteiger partial charge in [-0.15, -0.1) is 0 Å². The number of nitrogens with zero attached hydrogens (tertiary/aromatic N) is 1. The van der Waals surface area contributed by atoms with E-state index in [0.717, 1.165) is 29.7 Å². The molecule has 1 aliphatic rings. The summed E-state index contributed by atoms with van der Waals surface area (Å²) in [6.07, 6.45) is 5.75. The van der Waals surface area contributed by atoms with E-state index in [-0.39, 0.29) is 17.9 Å². The molecule has 1 heterocycles. The first-order valence-corrected chi connectivity index (χ1v) is 11.6. The lowest BCUT2D eigenvalue weighted by atomic mass is 10.1. The SMILES string of the molecule is COc1ccc(C=CC(=O)N(Cc2ccc(OC(C)C)cc2)[C@H]2CCCCNC2=O)cc1OC. The quantitative estimate of drug-likeness (QED) is 0.561. The Labute approximate surface area is 201 Å². The maximum Gasteiger partial charge on any atom is 0.247 e. The van der Waals surface area contributed by atoms with Crippen LogP contribution in [0.2, 0.25) is 0 Å². The zero-order chi connectivity index (χ0) is 24.5. The van der Waals surface area contributed by atoms with Crippen LogP contribution in [0.3, 0.4) is 0 Å². The number of carbonyl (C=O) groups is 2. The van der Waals surface area contributed by atoms with E-state index >= 15 is 0 Å². The Morgan fingerprint density at radius 2 is 1.82 bits per heavy atom. The van der Waals surface area contributed by atoms with E-state index < -0.39 is 6.04 Å². The van der Waals surface area contributed by atoms with Crippen LogP contribution >= 0.6 is 0 Å². The summed E-state index contributed by atoms with van der Waals surface area (Å²) in [5.74, 6) is 1.65. The molecule has 7 heteroatoms. The zero-order valence-corrected chi connectivity index (χ0v) is 20.4. The molecular formula is C27H34N2O5. The van der Waals surface area contributed by atoms with Gasteiger partial charge < -0.3 is 24.4 Å². The minimum Gasteiger partial charge on any atom is -0.493 e. The van der Waals surface area contributed by atoms with Gasteiger partial charge in [0, 0.05) is 19.2 Å². The molecule has 0 unspecified atom stereocenters. The normalized spacial score (nSPS) is 16.1. The molecule has 2 aromatic rings. The van der Waals surface area contributed by atoms with Gasteiger partial charge in [0.2, 0.25) is 11.8 Å². The van der Waals surface area contributed by atoms with Gasteiger partial charge in [-0.2, -0.15) is 0 Å². The topological polar surface area (TPSA) is 77.1 Å². The molecule has 0 radical (unpaired) electrons. The molecular weight excluding hydrogens is 432 g/mol. The number of nitrogens with one attached hydrogen (secondary N) is 1. The molecule has 1 saturated heterocycles. The molecule has 7 nitrogen and oxygen atoms in total. The largest absolute Gasteiger partial charge is 0.493 e. The summed E-state index contributed by atoms with van der Waals surface area (Å²) in [4.78, 5) is 27.8. The summed E-state index contributed by atoms with van der Waals surface area (Å²) < 4.78 is 16.3. The van der Waals surface area contributed by atoms with Crippen molar-refractivity contribution < 1.29 is 23.8 Å². The second-order valence-electron chi connectivity index (χ2n) is 8.53. The van der Waals surface area contributed by atoms with Crippen molar-refractivity contribution >= 4 is 17.9 Å². The van der Waals surface area contributed by atoms with Crippen LogP contribution in [-0.4, -0.2) is 49.6 Å². The molecule has 1 fully saturated rings. The first kappa shape index (κ1) is 25.1. The number of benzene rings is 2. The number of rotatable bonds is 9. The molecule has 0 saturated carbocycles. The van der Waals surface area contributed by atoms with Crippen LogP contribution in [0.4, 0.5) is 0 Å². The van der Waals surface area contributed by atoms with Gasteiger partial charge in [0.05, 0.1) is 20.3 Å². The molecule has 1 N–H and O–H groups in total. The lowest BCUT2D eigenvalue weighted by Crippen LogP contribution is -2.47. The van der Waals surface area contributed by atoms with Crippen LogP contribution in [0.15, 0.2) is 48.5 Å². The van der Waals surface area contributed by atoms with Crippen LogP contribution < -0.4 is 19.5 Å². The molecule has 1 aliphatic heterocycles. The number of hydrogen-bond acceptors (Lipinski definition) is 5. The van der Waals surface area contributed by atoms with Gasteiger partial charge in [0.25, 0.3) is 0 Å². The van der Waals surface area contributed by atoms with Crippen LogP contribution in [0.25, 0.3) is 6.08 Å². The van der Waals surface area contributed by atoms with Gasteiger partial charge in [-0.25, -0.2) is 0 Å². The lowest BCUT2D eigenvalue weighted by Gasteiger charge is -2.29. The van der Waals surface area contributed by atoms with Crippen LogP contribution in [0, 0.1) is 0 Å². The highest BCUT2D eigenvalue weighted by Crippen LogP contribution is 2.28. The summed E-state index contributed by atoms with van der Waals surface area (Å²) in [5, 5.41) is 2.94. The smallest absolute Gasteiger partial charge is 0.247 e. The number of ether oxygens (including phenoxy) is 3. The van der Waals surface area contributed by atoms with Crippen molar-refractivity contribution in [1.82, 2.24) is 10.2 Å². The van der Waals surface area contributed by atoms with E-state index in [2.05, 4.69) is 5.32 Å². The highest BCUT2D eigenvalue weighted by molar-refractivity contribution is 5.95. The predicted octanol–water partition coefficient (Wildman–Crippen LogP) is 4.20. The molecule has 0 bridgehead atoms. The van der Waals surface area contributed by atoms with Crippen molar-refractivity contribution in [3.8, 4) is 17.2 Å². The van der Waals surface area contributed by atoms with Crippen LogP contribution in [0.1, 0.15) is 44.2 Å². The van der Waals surface area contributed by atoms with E-state index in [9.17, 15) is 9.59 Å². The van der Waals surface area contributed by atoms with Crippen molar-refractivity contribution in [3.05, 3.63) is 59.7 Å². The van der Waals surface area contributed by atoms with E-state index in [1.165, 1.54) is 6.08 Å². The third-order valence-corrected chi connectivity index (χ3v) is 5.64. The Bertz CT molecular complexity index is 1000. The van der Waals surface area contributed by atoms with E-state index in [1.807, 2.05) is 44.2 Å². The lowest BCUT2D eigenvalue weighted by molar-refractivity contribution is -0.137. The zero-order valence-electron chi connectivity index (χ0n) is 20.4. The Hall–Kier alpha value is -3.48. The van der Waals surface area contributed by atoms with Gasteiger partial charge in [-0.3, -0.25) is 9.59 Å². The van der Waals surface area contributed by atoms with Gasteiger partial charge >= 0.3 is 0 Å². The maximum absolute atomic E-state index is 13.3. The van der Waals surface area contributed by atoms with Crippen LogP contribution in [0.5, 0.6) is 17.2 Å². The van der Waals surface area contributed by atoms with Crippen molar-refractivity contribution in [1.29, 1.82) is 0 Å². The molecule has 2 aromatic carbocycles. The van der Waals surface area contributed by atoms with Crippen molar-refractivity contribution in [2.75, 3.05) is 20.8 Å². The maximum atomic E-state index is 13.3. The number of carbonyl (C=O) groups excluding carboxylic acids is 2. The fraction of sp³-hybridized carbons (Fsp3) is 0.407. The standard InChI is InChI=1S/C27H34N2O5/c1-19(2)34-22-12-8-21(9-13-22)18-29(23-7-5-6-16-28-27(23)31)26(30)15-11-20-10-14-24(32-3)25(17-20)33-4/h8-15,17,19,23H,5-7,16,18H2,1-4H3,(H,28,31)/t23-/m0/s1. The number of amides is 2. The average molecular weight is 467 g/mol. The summed E-state index contributed by atoms with van der Waals surface area (Å²) in [5.41, 5.74) is 1.73. The summed E-state index contributed by atoms with van der Waals surface area (Å²) >= 11 is 0. The fourth-order valence-corrected chi connectivity index (χ4v) is 3.92. The average Bonchev–Trinajstić information content (AvgIpc) is 3.05. The van der Waals surface area contributed by atoms with Crippen LogP contribution in [-0.2, 0) is 16.1 Å². The van der Waals surface area contributed by atoms with E-state index in [4.69, 9.17) is 14.2 Å². The third kappa shape index (κ3) is 6.76. The number of methoxy groups -OCH3 is 2. The Morgan fingerprint density at radius 3 is 2.50 bits per heavy atom. The Balaban J connectivity index is 1.83. The van der Waals surface area contributed by atoms with E-state index in [1.54, 1.807) is 37.3 Å². The minimum absolute atomic E-state index is 0.0836. The summed E-state index contributed by atoms with van der Waals surface area (Å²) in [7, 11) is 3.15. The van der Waals surface area contributed by atoms with E-state index in [0.29, 0.717) is 31.0 Å². The molecule has 182 valence electrons. The van der Waals surface area contributed by atoms with Gasteiger partial charge in [-0.1, -0.05) is 18.2 Å². The first-order valence-electron chi connectivity index (χ1n) is 11.6. The fourth-order valence-electron chi connectivity index (χ4n) is 3.92. The highest BCUT2D eigenvalue weighted by atomic mass is 16.5. The Morgan fingerprint density at radius 1 is 1.09 bits per heavy atom. The highest BCUT2D eigenvalue weighted by Gasteiger charge is 2.30. The second kappa shape index (κ2) is 12.1. The molecule has 2 amide bonds. The van der Waals surface area contributed by atoms with Crippen molar-refractivity contribution in [3.63, 3.8) is 0 Å². The van der Waals surface area contributed by atoms with Gasteiger partial charge in [0.1, 0.15) is 11.8 Å². The molecule has 0 aliphatic carbocycles. The first-order chi connectivity index (χ1) is 16.4. The Kier molecular flexibility index (Phi) is 8.96. The second-order valence-corrected chi connectivity index (χ2v) is 8.53. The predicted molar refractivity (Wildman–Crippen MR) is 132 cm³/mol. The minimum atomic E-state index is -0.517. The molecule has 3 rings (SSSR count). The third-order valence-electron chi connectivity index (χ3n) is 5.64. The van der Waals surface area contributed by atoms with Gasteiger partial charge in [0.15, 0.2) is 11.5 Å².